The summed E-state index contributed by atoms with van der Waals surface area (Å²) >= 11 is 6.01. The molecule has 3 N–H and O–H groups in total. The second-order valence-electron chi connectivity index (χ2n) is 8.24. The molecular weight excluding hydrogens is 477 g/mol. The molecule has 0 saturated heterocycles. The third kappa shape index (κ3) is 4.08. The number of aromatic nitrogens is 1. The molecule has 0 aliphatic heterocycles. The molecule has 0 saturated carbocycles. The Morgan fingerprint density at radius 1 is 0.886 bits per heavy atom. The van der Waals surface area contributed by atoms with Gasteiger partial charge in [-0.25, -0.2) is 0 Å². The molecule has 5 aromatic rings. The summed E-state index contributed by atoms with van der Waals surface area (Å²) in [5.74, 6) is -0.746. The first kappa shape index (κ1) is 22.8. The Morgan fingerprint density at radius 3 is 2.29 bits per heavy atom. The van der Waals surface area contributed by atoms with Gasteiger partial charge in [0.15, 0.2) is 0 Å². The number of rotatable bonds is 4. The van der Waals surface area contributed by atoms with E-state index in [9.17, 15) is 23.1 Å². The van der Waals surface area contributed by atoms with Gasteiger partial charge < -0.3 is 15.4 Å². The van der Waals surface area contributed by atoms with E-state index >= 15 is 0 Å². The van der Waals surface area contributed by atoms with Crippen molar-refractivity contribution < 1.29 is 23.1 Å². The maximum Gasteiger partial charge on any atom is 0.416 e. The average Bonchev–Trinajstić information content (AvgIpc) is 3.13. The van der Waals surface area contributed by atoms with E-state index in [-0.39, 0.29) is 17.9 Å². The Labute approximate surface area is 203 Å². The van der Waals surface area contributed by atoms with Crippen LogP contribution in [0.1, 0.15) is 21.5 Å². The summed E-state index contributed by atoms with van der Waals surface area (Å²) in [4.78, 5) is 12.2. The summed E-state index contributed by atoms with van der Waals surface area (Å²) in [6.45, 7) is 0.0790. The van der Waals surface area contributed by atoms with Crippen molar-refractivity contribution in [3.63, 3.8) is 0 Å². The van der Waals surface area contributed by atoms with Gasteiger partial charge in [-0.3, -0.25) is 4.79 Å². The van der Waals surface area contributed by atoms with Crippen LogP contribution >= 0.6 is 11.6 Å². The largest absolute Gasteiger partial charge is 0.507 e. The Hall–Kier alpha value is -3.97. The number of aromatic hydroxyl groups is 1. The predicted molar refractivity (Wildman–Crippen MR) is 131 cm³/mol. The summed E-state index contributed by atoms with van der Waals surface area (Å²) < 4.78 is 41.7. The van der Waals surface area contributed by atoms with Crippen molar-refractivity contribution >= 4 is 39.3 Å². The maximum atomic E-state index is 13.3. The van der Waals surface area contributed by atoms with Gasteiger partial charge in [0.25, 0.3) is 0 Å². The molecule has 0 unspecified atom stereocenters. The van der Waals surface area contributed by atoms with Crippen LogP contribution in [-0.2, 0) is 12.7 Å². The van der Waals surface area contributed by atoms with Gasteiger partial charge in [-0.2, -0.15) is 13.2 Å². The third-order valence-corrected chi connectivity index (χ3v) is 6.26. The quantitative estimate of drug-likeness (QED) is 0.283. The lowest BCUT2D eigenvalue weighted by atomic mass is 10.0. The van der Waals surface area contributed by atoms with Gasteiger partial charge in [0.05, 0.1) is 22.0 Å². The fourth-order valence-electron chi connectivity index (χ4n) is 4.45. The number of primary amides is 1. The minimum atomic E-state index is -4.48. The van der Waals surface area contributed by atoms with Gasteiger partial charge in [0.2, 0.25) is 5.91 Å². The van der Waals surface area contributed by atoms with E-state index in [2.05, 4.69) is 0 Å². The Morgan fingerprint density at radius 2 is 1.60 bits per heavy atom. The molecular formula is C27H18ClF3N2O2. The number of carbonyl (C=O) groups is 1. The second-order valence-corrected chi connectivity index (χ2v) is 8.68. The van der Waals surface area contributed by atoms with Crippen molar-refractivity contribution in [2.75, 3.05) is 0 Å². The average molecular weight is 495 g/mol. The first-order valence-electron chi connectivity index (χ1n) is 10.6. The summed E-state index contributed by atoms with van der Waals surface area (Å²) in [6.07, 6.45) is -4.48. The molecule has 0 aliphatic carbocycles. The van der Waals surface area contributed by atoms with Crippen molar-refractivity contribution in [2.24, 2.45) is 5.73 Å². The monoisotopic (exact) mass is 494 g/mol. The highest BCUT2D eigenvalue weighted by atomic mass is 35.5. The number of nitrogens with two attached hydrogens (primary N) is 1. The molecule has 1 aromatic heterocycles. The van der Waals surface area contributed by atoms with E-state index in [0.717, 1.165) is 17.7 Å². The first-order valence-corrected chi connectivity index (χ1v) is 11.0. The minimum Gasteiger partial charge on any atom is -0.507 e. The summed E-state index contributed by atoms with van der Waals surface area (Å²) in [7, 11) is 0. The highest BCUT2D eigenvalue weighted by Gasteiger charge is 2.30. The lowest BCUT2D eigenvalue weighted by molar-refractivity contribution is -0.137. The summed E-state index contributed by atoms with van der Waals surface area (Å²) in [6, 6.07) is 20.5. The zero-order chi connectivity index (χ0) is 24.9. The highest BCUT2D eigenvalue weighted by molar-refractivity contribution is 6.30. The molecule has 176 valence electrons. The predicted octanol–water partition coefficient (Wildman–Crippen LogP) is 6.99. The fourth-order valence-corrected chi connectivity index (χ4v) is 4.58. The maximum absolute atomic E-state index is 13.3. The molecule has 0 radical (unpaired) electrons. The van der Waals surface area contributed by atoms with Crippen molar-refractivity contribution in [2.45, 2.75) is 12.7 Å². The van der Waals surface area contributed by atoms with Crippen LogP contribution in [0.4, 0.5) is 13.2 Å². The molecule has 35 heavy (non-hydrogen) atoms. The highest BCUT2D eigenvalue weighted by Crippen LogP contribution is 2.41. The second kappa shape index (κ2) is 8.36. The molecule has 0 atom stereocenters. The minimum absolute atomic E-state index is 0.0751. The zero-order valence-corrected chi connectivity index (χ0v) is 18.9. The number of hydrogen-bond acceptors (Lipinski definition) is 2. The number of benzene rings is 4. The topological polar surface area (TPSA) is 68.2 Å². The molecule has 0 bridgehead atoms. The first-order chi connectivity index (χ1) is 16.6. The molecule has 5 rings (SSSR count). The number of halogens is 4. The number of phenolic OH excluding ortho intramolecular Hbond substituents is 1. The smallest absolute Gasteiger partial charge is 0.416 e. The summed E-state index contributed by atoms with van der Waals surface area (Å²) in [5, 5.41) is 12.5. The number of phenols is 1. The van der Waals surface area contributed by atoms with Gasteiger partial charge in [0, 0.05) is 22.5 Å². The number of fused-ring (bicyclic) bond motifs is 3. The van der Waals surface area contributed by atoms with Crippen molar-refractivity contribution in [1.29, 1.82) is 0 Å². The standard InChI is InChI=1S/C27H18ClF3N2O2/c28-19-9-7-16(8-10-19)17-12-22-25(23(34)13-17)24-20(26(32)35)5-2-6-21(24)33(22)14-15-3-1-4-18(11-15)27(29,30)31/h1-13,34H,14H2,(H2,32,35). The number of alkyl halides is 3. The van der Waals surface area contributed by atoms with Gasteiger partial charge >= 0.3 is 6.18 Å². The fraction of sp³-hybridized carbons (Fsp3) is 0.0741. The Kier molecular flexibility index (Phi) is 5.44. The van der Waals surface area contributed by atoms with E-state index in [4.69, 9.17) is 17.3 Å². The van der Waals surface area contributed by atoms with Crippen LogP contribution in [0.2, 0.25) is 5.02 Å². The van der Waals surface area contributed by atoms with Crippen LogP contribution < -0.4 is 5.73 Å². The molecule has 0 aliphatic rings. The molecule has 0 fully saturated rings. The van der Waals surface area contributed by atoms with Gasteiger partial charge in [-0.15, -0.1) is 0 Å². The molecule has 1 heterocycles. The SMILES string of the molecule is NC(=O)c1cccc2c1c1c(O)cc(-c3ccc(Cl)cc3)cc1n2Cc1cccc(C(F)(F)F)c1. The van der Waals surface area contributed by atoms with Gasteiger partial charge in [-0.1, -0.05) is 41.9 Å². The lowest BCUT2D eigenvalue weighted by Crippen LogP contribution is -2.11. The van der Waals surface area contributed by atoms with E-state index in [1.807, 2.05) is 6.07 Å². The third-order valence-electron chi connectivity index (χ3n) is 6.01. The van der Waals surface area contributed by atoms with Crippen molar-refractivity contribution in [3.8, 4) is 16.9 Å². The number of nitrogens with zero attached hydrogens (tertiary/aromatic N) is 1. The van der Waals surface area contributed by atoms with Crippen molar-refractivity contribution in [1.82, 2.24) is 4.57 Å². The van der Waals surface area contributed by atoms with Crippen LogP contribution in [0.3, 0.4) is 0 Å². The molecule has 4 aromatic carbocycles. The van der Waals surface area contributed by atoms with E-state index in [1.54, 1.807) is 59.2 Å². The van der Waals surface area contributed by atoms with Crippen LogP contribution in [0, 0.1) is 0 Å². The van der Waals surface area contributed by atoms with Gasteiger partial charge in [-0.05, 0) is 65.2 Å². The normalized spacial score (nSPS) is 11.9. The lowest BCUT2D eigenvalue weighted by Gasteiger charge is -2.12. The van der Waals surface area contributed by atoms with Crippen LogP contribution in [-0.4, -0.2) is 15.6 Å². The van der Waals surface area contributed by atoms with E-state index < -0.39 is 17.6 Å². The summed E-state index contributed by atoms with van der Waals surface area (Å²) in [5.41, 5.74) is 8.08. The zero-order valence-electron chi connectivity index (χ0n) is 18.1. The molecule has 4 nitrogen and oxygen atoms in total. The number of amides is 1. The van der Waals surface area contributed by atoms with Crippen molar-refractivity contribution in [3.05, 3.63) is 101 Å². The van der Waals surface area contributed by atoms with Crippen LogP contribution in [0.25, 0.3) is 32.9 Å². The number of carbonyl (C=O) groups excluding carboxylic acids is 1. The number of hydrogen-bond donors (Lipinski definition) is 2. The Bertz CT molecular complexity index is 1610. The van der Waals surface area contributed by atoms with E-state index in [0.29, 0.717) is 38.0 Å². The molecule has 1 amide bonds. The van der Waals surface area contributed by atoms with Gasteiger partial charge in [0.1, 0.15) is 5.75 Å². The molecule has 8 heteroatoms. The van der Waals surface area contributed by atoms with Crippen LogP contribution in [0.5, 0.6) is 5.75 Å². The van der Waals surface area contributed by atoms with E-state index in [1.165, 1.54) is 6.07 Å². The van der Waals surface area contributed by atoms with Crippen LogP contribution in [0.15, 0.2) is 78.9 Å². The molecule has 0 spiro atoms. The Balaban J connectivity index is 1.80.